The lowest BCUT2D eigenvalue weighted by Gasteiger charge is -2.34. The normalized spacial score (nSPS) is 18.8. The standard InChI is InChI=1S/C29H37N7O2/c1-18(2)38-27(37)7-5-6-20-13-21(15-32-28(20)30)25-10-11-31-29(34-25)33-22-8-9-26(19(3)12-22)36-17-23-14-24(36)16-35(23)4/h8-13,15,18,23-24H,5-7,14,16-17H2,1-4H3,(H2,30,32)(H,31,33,34)/t23-,24-/m0/s1. The summed E-state index contributed by atoms with van der Waals surface area (Å²) in [4.78, 5) is 30.4. The Kier molecular flexibility index (Phi) is 7.46. The van der Waals surface area contributed by atoms with Gasteiger partial charge < -0.3 is 20.7 Å². The molecule has 2 fully saturated rings. The molecule has 4 heterocycles. The van der Waals surface area contributed by atoms with E-state index in [9.17, 15) is 4.79 Å². The predicted molar refractivity (Wildman–Crippen MR) is 150 cm³/mol. The maximum atomic E-state index is 11.9. The first-order valence-electron chi connectivity index (χ1n) is 13.4. The Morgan fingerprint density at radius 3 is 2.74 bits per heavy atom. The number of likely N-dealkylation sites (tertiary alicyclic amines) is 1. The molecule has 9 heteroatoms. The van der Waals surface area contributed by atoms with Crippen molar-refractivity contribution in [3.63, 3.8) is 0 Å². The Balaban J connectivity index is 1.25. The van der Waals surface area contributed by atoms with Crippen molar-refractivity contribution in [2.45, 2.75) is 64.6 Å². The lowest BCUT2D eigenvalue weighted by Crippen LogP contribution is -2.44. The Bertz CT molecular complexity index is 1310. The fraction of sp³-hybridized carbons (Fsp3) is 0.448. The number of ether oxygens (including phenoxy) is 1. The second-order valence-corrected chi connectivity index (χ2v) is 10.7. The number of rotatable bonds is 9. The summed E-state index contributed by atoms with van der Waals surface area (Å²) in [5.41, 5.74) is 12.1. The van der Waals surface area contributed by atoms with Gasteiger partial charge in [0.05, 0.1) is 11.8 Å². The number of fused-ring (bicyclic) bond motifs is 2. The van der Waals surface area contributed by atoms with Crippen LogP contribution in [0.1, 0.15) is 44.2 Å². The lowest BCUT2D eigenvalue weighted by atomic mass is 10.1. The molecule has 2 saturated heterocycles. The molecule has 5 rings (SSSR count). The number of nitrogens with two attached hydrogens (primary N) is 1. The summed E-state index contributed by atoms with van der Waals surface area (Å²) in [7, 11) is 2.23. The monoisotopic (exact) mass is 515 g/mol. The van der Waals surface area contributed by atoms with E-state index < -0.39 is 0 Å². The first-order valence-corrected chi connectivity index (χ1v) is 13.4. The van der Waals surface area contributed by atoms with E-state index in [2.05, 4.69) is 57.3 Å². The quantitative estimate of drug-likeness (QED) is 0.402. The third-order valence-electron chi connectivity index (χ3n) is 7.42. The maximum Gasteiger partial charge on any atom is 0.306 e. The molecule has 1 aromatic carbocycles. The molecule has 0 saturated carbocycles. The van der Waals surface area contributed by atoms with Crippen molar-refractivity contribution in [2.75, 3.05) is 36.1 Å². The molecule has 0 radical (unpaired) electrons. The van der Waals surface area contributed by atoms with E-state index in [1.54, 1.807) is 12.4 Å². The number of nitrogens with one attached hydrogen (secondary N) is 1. The fourth-order valence-corrected chi connectivity index (χ4v) is 5.53. The number of anilines is 4. The molecule has 0 amide bonds. The number of piperazine rings is 1. The fourth-order valence-electron chi connectivity index (χ4n) is 5.53. The van der Waals surface area contributed by atoms with Gasteiger partial charge in [0.1, 0.15) is 5.82 Å². The number of hydrogen-bond acceptors (Lipinski definition) is 9. The maximum absolute atomic E-state index is 11.9. The molecule has 0 spiro atoms. The van der Waals surface area contributed by atoms with Crippen molar-refractivity contribution in [1.29, 1.82) is 0 Å². The Labute approximate surface area is 224 Å². The van der Waals surface area contributed by atoms with Crippen LogP contribution < -0.4 is 16.0 Å². The Hall–Kier alpha value is -3.72. The molecule has 2 aliphatic rings. The van der Waals surface area contributed by atoms with Gasteiger partial charge in [0.25, 0.3) is 0 Å². The van der Waals surface area contributed by atoms with E-state index >= 15 is 0 Å². The number of carbonyl (C=O) groups is 1. The highest BCUT2D eigenvalue weighted by atomic mass is 16.5. The minimum Gasteiger partial charge on any atom is -0.463 e. The summed E-state index contributed by atoms with van der Waals surface area (Å²) in [5, 5.41) is 3.36. The molecular weight excluding hydrogens is 478 g/mol. The average molecular weight is 516 g/mol. The van der Waals surface area contributed by atoms with Crippen LogP contribution in [0.3, 0.4) is 0 Å². The minimum absolute atomic E-state index is 0.109. The summed E-state index contributed by atoms with van der Waals surface area (Å²) in [5.74, 6) is 0.788. The zero-order chi connectivity index (χ0) is 26.8. The van der Waals surface area contributed by atoms with E-state index in [0.717, 1.165) is 35.6 Å². The number of pyridine rings is 1. The number of nitrogen functional groups attached to an aromatic ring is 1. The van der Waals surface area contributed by atoms with Crippen molar-refractivity contribution in [2.24, 2.45) is 0 Å². The Morgan fingerprint density at radius 1 is 1.18 bits per heavy atom. The van der Waals surface area contributed by atoms with Crippen molar-refractivity contribution in [1.82, 2.24) is 19.9 Å². The molecule has 0 unspecified atom stereocenters. The third-order valence-corrected chi connectivity index (χ3v) is 7.42. The van der Waals surface area contributed by atoms with Crippen LogP contribution in [0.2, 0.25) is 0 Å². The zero-order valence-electron chi connectivity index (χ0n) is 22.6. The van der Waals surface area contributed by atoms with Crippen LogP contribution in [0, 0.1) is 6.92 Å². The average Bonchev–Trinajstić information content (AvgIpc) is 3.44. The smallest absolute Gasteiger partial charge is 0.306 e. The van der Waals surface area contributed by atoms with Gasteiger partial charge in [0.2, 0.25) is 5.95 Å². The van der Waals surface area contributed by atoms with Crippen LogP contribution >= 0.6 is 0 Å². The molecule has 2 atom stereocenters. The SMILES string of the molecule is Cc1cc(Nc2nccc(-c3cnc(N)c(CCCC(=O)OC(C)C)c3)n2)ccc1N1C[C@@H]2C[C@H]1CN2C. The topological polar surface area (TPSA) is 110 Å². The van der Waals surface area contributed by atoms with Crippen LogP contribution in [0.15, 0.2) is 42.7 Å². The van der Waals surface area contributed by atoms with Gasteiger partial charge in [-0.15, -0.1) is 0 Å². The van der Waals surface area contributed by atoms with Crippen LogP contribution in [0.5, 0.6) is 0 Å². The second kappa shape index (κ2) is 10.9. The summed E-state index contributed by atoms with van der Waals surface area (Å²) in [6.07, 6.45) is 6.22. The van der Waals surface area contributed by atoms with E-state index in [1.807, 2.05) is 26.0 Å². The van der Waals surface area contributed by atoms with Gasteiger partial charge in [-0.3, -0.25) is 9.69 Å². The molecule has 3 N–H and O–H groups in total. The van der Waals surface area contributed by atoms with Crippen LogP contribution in [0.4, 0.5) is 23.1 Å². The van der Waals surface area contributed by atoms with Crippen molar-refractivity contribution in [3.8, 4) is 11.3 Å². The molecule has 2 aromatic heterocycles. The molecule has 2 bridgehead atoms. The van der Waals surface area contributed by atoms with Crippen LogP contribution in [0.25, 0.3) is 11.3 Å². The first-order chi connectivity index (χ1) is 18.3. The van der Waals surface area contributed by atoms with Crippen molar-refractivity contribution >= 4 is 29.1 Å². The third kappa shape index (κ3) is 5.72. The molecule has 9 nitrogen and oxygen atoms in total. The molecule has 0 aliphatic carbocycles. The van der Waals surface area contributed by atoms with Gasteiger partial charge in [0, 0.05) is 60.9 Å². The molecule has 200 valence electrons. The number of aromatic nitrogens is 3. The van der Waals surface area contributed by atoms with Crippen LogP contribution in [-0.4, -0.2) is 64.1 Å². The lowest BCUT2D eigenvalue weighted by molar-refractivity contribution is -0.147. The van der Waals surface area contributed by atoms with E-state index in [-0.39, 0.29) is 12.1 Å². The van der Waals surface area contributed by atoms with Crippen molar-refractivity contribution < 1.29 is 9.53 Å². The zero-order valence-corrected chi connectivity index (χ0v) is 22.6. The van der Waals surface area contributed by atoms with Gasteiger partial charge in [0.15, 0.2) is 0 Å². The summed E-state index contributed by atoms with van der Waals surface area (Å²) < 4.78 is 5.21. The van der Waals surface area contributed by atoms with E-state index in [4.69, 9.17) is 15.5 Å². The van der Waals surface area contributed by atoms with Gasteiger partial charge in [-0.05, 0) is 88.5 Å². The number of benzene rings is 1. The van der Waals surface area contributed by atoms with Gasteiger partial charge in [-0.25, -0.2) is 15.0 Å². The number of likely N-dealkylation sites (N-methyl/N-ethyl adjacent to an activating group) is 1. The second-order valence-electron chi connectivity index (χ2n) is 10.7. The molecule has 3 aromatic rings. The van der Waals surface area contributed by atoms with Gasteiger partial charge in [-0.2, -0.15) is 0 Å². The highest BCUT2D eigenvalue weighted by Gasteiger charge is 2.41. The molecular formula is C29H37N7O2. The van der Waals surface area contributed by atoms with E-state index in [0.29, 0.717) is 43.1 Å². The highest BCUT2D eigenvalue weighted by Crippen LogP contribution is 2.36. The predicted octanol–water partition coefficient (Wildman–Crippen LogP) is 4.34. The van der Waals surface area contributed by atoms with Crippen molar-refractivity contribution in [3.05, 3.63) is 53.9 Å². The molecule has 2 aliphatic heterocycles. The summed E-state index contributed by atoms with van der Waals surface area (Å²) in [6, 6.07) is 11.6. The first kappa shape index (κ1) is 25.9. The van der Waals surface area contributed by atoms with E-state index in [1.165, 1.54) is 17.7 Å². The Morgan fingerprint density at radius 2 is 2.03 bits per heavy atom. The number of carbonyl (C=O) groups excluding carboxylic acids is 1. The summed E-state index contributed by atoms with van der Waals surface area (Å²) >= 11 is 0. The summed E-state index contributed by atoms with van der Waals surface area (Å²) in [6.45, 7) is 8.09. The molecule has 38 heavy (non-hydrogen) atoms. The number of aryl methyl sites for hydroxylation is 2. The minimum atomic E-state index is -0.197. The largest absolute Gasteiger partial charge is 0.463 e. The van der Waals surface area contributed by atoms with Crippen LogP contribution in [-0.2, 0) is 16.0 Å². The number of nitrogens with zero attached hydrogens (tertiary/aromatic N) is 5. The number of esters is 1. The van der Waals surface area contributed by atoms with Gasteiger partial charge in [-0.1, -0.05) is 0 Å². The number of hydrogen-bond donors (Lipinski definition) is 2. The van der Waals surface area contributed by atoms with Gasteiger partial charge >= 0.3 is 5.97 Å². The highest BCUT2D eigenvalue weighted by molar-refractivity contribution is 5.70.